The van der Waals surface area contributed by atoms with Crippen LogP contribution in [0.5, 0.6) is 0 Å². The number of hydrazine groups is 1. The third-order valence-corrected chi connectivity index (χ3v) is 4.79. The van der Waals surface area contributed by atoms with Crippen LogP contribution in [-0.4, -0.2) is 9.97 Å². The van der Waals surface area contributed by atoms with Crippen molar-refractivity contribution in [1.82, 2.24) is 9.97 Å². The van der Waals surface area contributed by atoms with Gasteiger partial charge >= 0.3 is 0 Å². The number of thiophene rings is 1. The number of hydrogen-bond donors (Lipinski definition) is 2. The van der Waals surface area contributed by atoms with Gasteiger partial charge in [0, 0.05) is 16.1 Å². The Morgan fingerprint density at radius 2 is 1.95 bits per heavy atom. The van der Waals surface area contributed by atoms with Gasteiger partial charge in [0.1, 0.15) is 5.82 Å². The maximum absolute atomic E-state index is 5.56. The topological polar surface area (TPSA) is 63.8 Å². The first kappa shape index (κ1) is 14.9. The zero-order chi connectivity index (χ0) is 14.9. The molecule has 20 heavy (non-hydrogen) atoms. The van der Waals surface area contributed by atoms with Crippen molar-refractivity contribution in [2.24, 2.45) is 5.84 Å². The quantitative estimate of drug-likeness (QED) is 0.669. The molecule has 4 nitrogen and oxygen atoms in total. The van der Waals surface area contributed by atoms with Gasteiger partial charge in [0.2, 0.25) is 0 Å². The normalized spacial score (nSPS) is 11.7. The molecule has 108 valence electrons. The van der Waals surface area contributed by atoms with Crippen LogP contribution in [0.15, 0.2) is 12.1 Å². The van der Waals surface area contributed by atoms with Gasteiger partial charge in [0.05, 0.1) is 4.88 Å². The number of nitrogen functional groups attached to an aromatic ring is 1. The summed E-state index contributed by atoms with van der Waals surface area (Å²) in [7, 11) is 0. The van der Waals surface area contributed by atoms with E-state index in [4.69, 9.17) is 5.84 Å². The second kappa shape index (κ2) is 5.50. The maximum Gasteiger partial charge on any atom is 0.171 e. The SMILES string of the molecule is CCc1nc(-c2ccc(C(C)(C)C)s2)nc(NN)c1C. The van der Waals surface area contributed by atoms with Crippen molar-refractivity contribution in [1.29, 1.82) is 0 Å². The molecule has 0 amide bonds. The number of anilines is 1. The van der Waals surface area contributed by atoms with Crippen LogP contribution in [0.3, 0.4) is 0 Å². The molecule has 2 aromatic rings. The first-order valence-corrected chi connectivity index (χ1v) is 7.63. The summed E-state index contributed by atoms with van der Waals surface area (Å²) in [5.41, 5.74) is 4.88. The van der Waals surface area contributed by atoms with Crippen LogP contribution in [0.4, 0.5) is 5.82 Å². The fourth-order valence-electron chi connectivity index (χ4n) is 2.02. The fourth-order valence-corrected chi connectivity index (χ4v) is 3.02. The largest absolute Gasteiger partial charge is 0.308 e. The Morgan fingerprint density at radius 3 is 2.45 bits per heavy atom. The molecule has 0 spiro atoms. The molecule has 0 atom stereocenters. The van der Waals surface area contributed by atoms with Gasteiger partial charge in [-0.2, -0.15) is 0 Å². The minimum Gasteiger partial charge on any atom is -0.308 e. The number of aromatic nitrogens is 2. The predicted molar refractivity (Wildman–Crippen MR) is 86.0 cm³/mol. The van der Waals surface area contributed by atoms with E-state index in [1.54, 1.807) is 11.3 Å². The maximum atomic E-state index is 5.56. The smallest absolute Gasteiger partial charge is 0.171 e. The molecule has 3 N–H and O–H groups in total. The highest BCUT2D eigenvalue weighted by Gasteiger charge is 2.18. The van der Waals surface area contributed by atoms with Crippen LogP contribution in [0.1, 0.15) is 43.8 Å². The number of nitrogens with two attached hydrogens (primary N) is 1. The zero-order valence-corrected chi connectivity index (χ0v) is 13.6. The van der Waals surface area contributed by atoms with E-state index in [0.29, 0.717) is 5.82 Å². The van der Waals surface area contributed by atoms with Crippen molar-refractivity contribution in [3.05, 3.63) is 28.3 Å². The number of rotatable bonds is 3. The molecule has 0 bridgehead atoms. The van der Waals surface area contributed by atoms with Crippen molar-refractivity contribution >= 4 is 17.2 Å². The second-order valence-electron chi connectivity index (χ2n) is 5.88. The van der Waals surface area contributed by atoms with Crippen molar-refractivity contribution in [3.63, 3.8) is 0 Å². The predicted octanol–water partition coefficient (Wildman–Crippen LogP) is 3.66. The van der Waals surface area contributed by atoms with Crippen LogP contribution >= 0.6 is 11.3 Å². The summed E-state index contributed by atoms with van der Waals surface area (Å²) in [5, 5.41) is 0. The summed E-state index contributed by atoms with van der Waals surface area (Å²) < 4.78 is 0. The van der Waals surface area contributed by atoms with Gasteiger partial charge in [-0.25, -0.2) is 15.8 Å². The van der Waals surface area contributed by atoms with Gasteiger partial charge in [0.15, 0.2) is 5.82 Å². The van der Waals surface area contributed by atoms with Gasteiger partial charge in [0.25, 0.3) is 0 Å². The molecule has 0 fully saturated rings. The molecule has 0 saturated heterocycles. The monoisotopic (exact) mass is 290 g/mol. The Balaban J connectivity index is 2.50. The lowest BCUT2D eigenvalue weighted by Crippen LogP contribution is -2.13. The summed E-state index contributed by atoms with van der Waals surface area (Å²) in [6.07, 6.45) is 0.869. The average molecular weight is 290 g/mol. The molecule has 2 rings (SSSR count). The number of hydrogen-bond acceptors (Lipinski definition) is 5. The Hall–Kier alpha value is -1.46. The minimum atomic E-state index is 0.149. The van der Waals surface area contributed by atoms with Crippen LogP contribution in [0.25, 0.3) is 10.7 Å². The lowest BCUT2D eigenvalue weighted by molar-refractivity contribution is 0.604. The van der Waals surface area contributed by atoms with Crippen molar-refractivity contribution < 1.29 is 0 Å². The molecule has 2 aromatic heterocycles. The van der Waals surface area contributed by atoms with E-state index in [1.807, 2.05) is 6.92 Å². The van der Waals surface area contributed by atoms with Gasteiger partial charge in [-0.05, 0) is 30.9 Å². The molecule has 2 heterocycles. The highest BCUT2D eigenvalue weighted by atomic mass is 32.1. The standard InChI is InChI=1S/C15H22N4S/c1-6-10-9(2)13(19-16)18-14(17-10)11-7-8-12(20-11)15(3,4)5/h7-8H,6,16H2,1-5H3,(H,17,18,19). The van der Waals surface area contributed by atoms with E-state index < -0.39 is 0 Å². The van der Waals surface area contributed by atoms with Crippen LogP contribution in [-0.2, 0) is 11.8 Å². The molecule has 0 aliphatic rings. The summed E-state index contributed by atoms with van der Waals surface area (Å²) >= 11 is 1.74. The molecule has 0 aliphatic carbocycles. The van der Waals surface area contributed by atoms with E-state index in [2.05, 4.69) is 55.2 Å². The molecule has 0 unspecified atom stereocenters. The van der Waals surface area contributed by atoms with E-state index in [1.165, 1.54) is 4.88 Å². The van der Waals surface area contributed by atoms with E-state index in [-0.39, 0.29) is 5.41 Å². The minimum absolute atomic E-state index is 0.149. The summed E-state index contributed by atoms with van der Waals surface area (Å²) in [6, 6.07) is 4.25. The Morgan fingerprint density at radius 1 is 1.25 bits per heavy atom. The third-order valence-electron chi connectivity index (χ3n) is 3.28. The van der Waals surface area contributed by atoms with Crippen LogP contribution in [0.2, 0.25) is 0 Å². The lowest BCUT2D eigenvalue weighted by Gasteiger charge is -2.15. The third kappa shape index (κ3) is 2.83. The van der Waals surface area contributed by atoms with Gasteiger partial charge < -0.3 is 5.43 Å². The highest BCUT2D eigenvalue weighted by Crippen LogP contribution is 2.34. The van der Waals surface area contributed by atoms with Crippen LogP contribution < -0.4 is 11.3 Å². The fraction of sp³-hybridized carbons (Fsp3) is 0.467. The molecular formula is C15H22N4S. The highest BCUT2D eigenvalue weighted by molar-refractivity contribution is 7.15. The van der Waals surface area contributed by atoms with Crippen molar-refractivity contribution in [2.45, 2.75) is 46.5 Å². The molecule has 0 saturated carbocycles. The van der Waals surface area contributed by atoms with Gasteiger partial charge in [-0.1, -0.05) is 27.7 Å². The first-order valence-electron chi connectivity index (χ1n) is 6.81. The number of nitrogens with zero attached hydrogens (tertiary/aromatic N) is 2. The molecule has 0 aliphatic heterocycles. The summed E-state index contributed by atoms with van der Waals surface area (Å²) in [6.45, 7) is 10.7. The first-order chi connectivity index (χ1) is 9.36. The molecule has 0 radical (unpaired) electrons. The Kier molecular flexibility index (Phi) is 4.11. The molecule has 0 aromatic carbocycles. The lowest BCUT2D eigenvalue weighted by atomic mass is 9.95. The van der Waals surface area contributed by atoms with Gasteiger partial charge in [-0.15, -0.1) is 11.3 Å². The summed E-state index contributed by atoms with van der Waals surface area (Å²) in [5.74, 6) is 7.02. The van der Waals surface area contributed by atoms with E-state index >= 15 is 0 Å². The Labute approximate surface area is 124 Å². The van der Waals surface area contributed by atoms with E-state index in [9.17, 15) is 0 Å². The van der Waals surface area contributed by atoms with E-state index in [0.717, 1.165) is 28.4 Å². The average Bonchev–Trinajstić information content (AvgIpc) is 2.88. The van der Waals surface area contributed by atoms with Crippen molar-refractivity contribution in [2.75, 3.05) is 5.43 Å². The number of aryl methyl sites for hydroxylation is 1. The Bertz CT molecular complexity index is 586. The summed E-state index contributed by atoms with van der Waals surface area (Å²) in [4.78, 5) is 11.6. The van der Waals surface area contributed by atoms with Gasteiger partial charge in [-0.3, -0.25) is 0 Å². The van der Waals surface area contributed by atoms with Crippen molar-refractivity contribution in [3.8, 4) is 10.7 Å². The van der Waals surface area contributed by atoms with Crippen LogP contribution in [0, 0.1) is 6.92 Å². The second-order valence-corrected chi connectivity index (χ2v) is 6.96. The number of nitrogens with one attached hydrogen (secondary N) is 1. The molecule has 5 heteroatoms. The zero-order valence-electron chi connectivity index (χ0n) is 12.7. The molecular weight excluding hydrogens is 268 g/mol.